The fourth-order valence-electron chi connectivity index (χ4n) is 1.51. The predicted octanol–water partition coefficient (Wildman–Crippen LogP) is 4.82. The molecule has 0 aliphatic carbocycles. The molecular formula is C14H15BrN2S. The summed E-state index contributed by atoms with van der Waals surface area (Å²) in [5.41, 5.74) is 1.27. The van der Waals surface area contributed by atoms with Crippen LogP contribution in [0.2, 0.25) is 0 Å². The third-order valence-corrected chi connectivity index (χ3v) is 4.02. The molecule has 0 saturated heterocycles. The van der Waals surface area contributed by atoms with Gasteiger partial charge in [0.2, 0.25) is 0 Å². The lowest BCUT2D eigenvalue weighted by Gasteiger charge is -2.08. The zero-order valence-electron chi connectivity index (χ0n) is 10.6. The highest BCUT2D eigenvalue weighted by molar-refractivity contribution is 9.10. The van der Waals surface area contributed by atoms with E-state index >= 15 is 0 Å². The van der Waals surface area contributed by atoms with Crippen LogP contribution in [0.4, 0.5) is 0 Å². The van der Waals surface area contributed by atoms with Crippen molar-refractivity contribution in [1.29, 1.82) is 0 Å². The Labute approximate surface area is 120 Å². The van der Waals surface area contributed by atoms with Gasteiger partial charge in [-0.2, -0.15) is 0 Å². The van der Waals surface area contributed by atoms with Crippen LogP contribution in [-0.4, -0.2) is 9.97 Å². The third kappa shape index (κ3) is 3.33. The van der Waals surface area contributed by atoms with Crippen molar-refractivity contribution in [1.82, 2.24) is 9.97 Å². The maximum Gasteiger partial charge on any atom is 0.133 e. The highest BCUT2D eigenvalue weighted by Gasteiger charge is 2.08. The van der Waals surface area contributed by atoms with Gasteiger partial charge in [-0.3, -0.25) is 0 Å². The van der Waals surface area contributed by atoms with Crippen molar-refractivity contribution in [2.45, 2.75) is 36.6 Å². The van der Waals surface area contributed by atoms with Gasteiger partial charge >= 0.3 is 0 Å². The van der Waals surface area contributed by atoms with Gasteiger partial charge < -0.3 is 0 Å². The number of hydrogen-bond donors (Lipinski definition) is 0. The molecule has 0 saturated carbocycles. The van der Waals surface area contributed by atoms with E-state index in [9.17, 15) is 0 Å². The first kappa shape index (κ1) is 13.6. The molecule has 2 nitrogen and oxygen atoms in total. The molecule has 0 aliphatic rings. The molecule has 1 heterocycles. The van der Waals surface area contributed by atoms with Crippen molar-refractivity contribution in [3.05, 3.63) is 46.3 Å². The van der Waals surface area contributed by atoms with E-state index < -0.39 is 0 Å². The number of halogens is 1. The third-order valence-electron chi connectivity index (χ3n) is 2.51. The van der Waals surface area contributed by atoms with E-state index in [2.05, 4.69) is 70.9 Å². The molecule has 18 heavy (non-hydrogen) atoms. The van der Waals surface area contributed by atoms with Gasteiger partial charge in [-0.05, 0) is 34.5 Å². The molecule has 2 rings (SSSR count). The van der Waals surface area contributed by atoms with Crippen LogP contribution < -0.4 is 0 Å². The van der Waals surface area contributed by atoms with E-state index in [0.29, 0.717) is 5.92 Å². The summed E-state index contributed by atoms with van der Waals surface area (Å²) in [5.74, 6) is 1.21. The minimum absolute atomic E-state index is 0.332. The summed E-state index contributed by atoms with van der Waals surface area (Å²) < 4.78 is 0.845. The Morgan fingerprint density at radius 3 is 2.56 bits per heavy atom. The van der Waals surface area contributed by atoms with Crippen molar-refractivity contribution >= 4 is 27.7 Å². The van der Waals surface area contributed by atoms with Gasteiger partial charge in [-0.25, -0.2) is 9.97 Å². The molecule has 0 radical (unpaired) electrons. The van der Waals surface area contributed by atoms with Crippen LogP contribution in [0.1, 0.15) is 31.2 Å². The first-order valence-electron chi connectivity index (χ1n) is 5.84. The van der Waals surface area contributed by atoms with E-state index in [1.54, 1.807) is 11.8 Å². The largest absolute Gasteiger partial charge is 0.226 e. The second-order valence-electron chi connectivity index (χ2n) is 4.41. The summed E-state index contributed by atoms with van der Waals surface area (Å²) in [6.07, 6.45) is 0. The summed E-state index contributed by atoms with van der Waals surface area (Å²) in [4.78, 5) is 10.2. The highest BCUT2D eigenvalue weighted by Crippen LogP contribution is 2.30. The van der Waals surface area contributed by atoms with E-state index in [4.69, 9.17) is 0 Å². The van der Waals surface area contributed by atoms with Crippen LogP contribution in [0.3, 0.4) is 0 Å². The Balaban J connectivity index is 2.32. The lowest BCUT2D eigenvalue weighted by Crippen LogP contribution is -1.98. The van der Waals surface area contributed by atoms with Crippen LogP contribution in [0.25, 0.3) is 0 Å². The average Bonchev–Trinajstić information content (AvgIpc) is 2.31. The summed E-state index contributed by atoms with van der Waals surface area (Å²) in [6.45, 7) is 6.32. The van der Waals surface area contributed by atoms with Crippen LogP contribution in [-0.2, 0) is 0 Å². The van der Waals surface area contributed by atoms with Crippen molar-refractivity contribution in [3.63, 3.8) is 0 Å². The quantitative estimate of drug-likeness (QED) is 0.757. The van der Waals surface area contributed by atoms with Crippen molar-refractivity contribution in [3.8, 4) is 0 Å². The van der Waals surface area contributed by atoms with E-state index in [1.165, 1.54) is 10.5 Å². The first-order valence-corrected chi connectivity index (χ1v) is 7.45. The SMILES string of the molecule is Cc1ccccc1Sc1cc(Br)nc(C(C)C)n1. The zero-order valence-corrected chi connectivity index (χ0v) is 13.0. The summed E-state index contributed by atoms with van der Waals surface area (Å²) in [5, 5.41) is 0.981. The maximum atomic E-state index is 4.59. The second kappa shape index (κ2) is 5.85. The number of rotatable bonds is 3. The molecule has 1 aromatic carbocycles. The molecule has 0 N–H and O–H groups in total. The highest BCUT2D eigenvalue weighted by atomic mass is 79.9. The summed E-state index contributed by atoms with van der Waals surface area (Å²) >= 11 is 5.13. The zero-order chi connectivity index (χ0) is 13.1. The number of benzene rings is 1. The lowest BCUT2D eigenvalue weighted by molar-refractivity contribution is 0.747. The van der Waals surface area contributed by atoms with Gasteiger partial charge in [0.1, 0.15) is 15.5 Å². The number of hydrogen-bond acceptors (Lipinski definition) is 3. The number of aryl methyl sites for hydroxylation is 1. The normalized spacial score (nSPS) is 10.9. The van der Waals surface area contributed by atoms with E-state index in [1.807, 2.05) is 6.07 Å². The lowest BCUT2D eigenvalue weighted by atomic mass is 10.2. The number of nitrogens with zero attached hydrogens (tertiary/aromatic N) is 2. The monoisotopic (exact) mass is 322 g/mol. The molecule has 2 aromatic rings. The molecule has 0 unspecified atom stereocenters. The van der Waals surface area contributed by atoms with Gasteiger partial charge in [-0.1, -0.05) is 43.8 Å². The maximum absolute atomic E-state index is 4.59. The number of aromatic nitrogens is 2. The van der Waals surface area contributed by atoms with Crippen LogP contribution >= 0.6 is 27.7 Å². The van der Waals surface area contributed by atoms with Crippen LogP contribution in [0.15, 0.2) is 44.9 Å². The predicted molar refractivity (Wildman–Crippen MR) is 79.1 cm³/mol. The fourth-order valence-corrected chi connectivity index (χ4v) is 2.97. The molecule has 0 spiro atoms. The molecule has 0 aliphatic heterocycles. The molecule has 0 amide bonds. The Kier molecular flexibility index (Phi) is 4.40. The minimum atomic E-state index is 0.332. The van der Waals surface area contributed by atoms with Crippen molar-refractivity contribution in [2.75, 3.05) is 0 Å². The molecule has 1 aromatic heterocycles. The Hall–Kier alpha value is -0.870. The van der Waals surface area contributed by atoms with Crippen molar-refractivity contribution < 1.29 is 0 Å². The average molecular weight is 323 g/mol. The smallest absolute Gasteiger partial charge is 0.133 e. The first-order chi connectivity index (χ1) is 8.56. The Bertz CT molecular complexity index is 555. The fraction of sp³-hybridized carbons (Fsp3) is 0.286. The van der Waals surface area contributed by atoms with Crippen LogP contribution in [0.5, 0.6) is 0 Å². The van der Waals surface area contributed by atoms with Gasteiger partial charge in [0.25, 0.3) is 0 Å². The molecule has 0 bridgehead atoms. The van der Waals surface area contributed by atoms with Gasteiger partial charge in [0.15, 0.2) is 0 Å². The molecular weight excluding hydrogens is 308 g/mol. The molecule has 94 valence electrons. The molecule has 4 heteroatoms. The van der Waals surface area contributed by atoms with Crippen molar-refractivity contribution in [2.24, 2.45) is 0 Å². The minimum Gasteiger partial charge on any atom is -0.226 e. The van der Waals surface area contributed by atoms with E-state index in [-0.39, 0.29) is 0 Å². The standard InChI is InChI=1S/C14H15BrN2S/c1-9(2)14-16-12(15)8-13(17-14)18-11-7-5-4-6-10(11)3/h4-9H,1-3H3. The summed E-state index contributed by atoms with van der Waals surface area (Å²) in [6, 6.07) is 10.3. The van der Waals surface area contributed by atoms with E-state index in [0.717, 1.165) is 15.5 Å². The molecule has 0 fully saturated rings. The Morgan fingerprint density at radius 1 is 1.17 bits per heavy atom. The topological polar surface area (TPSA) is 25.8 Å². The van der Waals surface area contributed by atoms with Gasteiger partial charge in [-0.15, -0.1) is 0 Å². The second-order valence-corrected chi connectivity index (χ2v) is 6.28. The molecule has 0 atom stereocenters. The van der Waals surface area contributed by atoms with Gasteiger partial charge in [0.05, 0.1) is 0 Å². The van der Waals surface area contributed by atoms with Crippen LogP contribution in [0, 0.1) is 6.92 Å². The summed E-state index contributed by atoms with van der Waals surface area (Å²) in [7, 11) is 0. The Morgan fingerprint density at radius 2 is 1.89 bits per heavy atom. The van der Waals surface area contributed by atoms with Gasteiger partial charge in [0, 0.05) is 16.9 Å².